The van der Waals surface area contributed by atoms with Crippen LogP contribution in [0.25, 0.3) is 0 Å². The average molecular weight is 248 g/mol. The van der Waals surface area contributed by atoms with Gasteiger partial charge in [-0.3, -0.25) is 0 Å². The quantitative estimate of drug-likeness (QED) is 0.795. The van der Waals surface area contributed by atoms with Crippen molar-refractivity contribution < 1.29 is 0 Å². The number of nitrogens with zero attached hydrogens (tertiary/aromatic N) is 1. The van der Waals surface area contributed by atoms with Gasteiger partial charge in [-0.15, -0.1) is 0 Å². The Bertz CT molecular complexity index is 329. The van der Waals surface area contributed by atoms with Crippen LogP contribution < -0.4 is 10.6 Å². The Morgan fingerprint density at radius 2 is 1.72 bits per heavy atom. The lowest BCUT2D eigenvalue weighted by Crippen LogP contribution is -2.34. The van der Waals surface area contributed by atoms with E-state index in [0.717, 1.165) is 12.5 Å². The molecule has 0 aliphatic heterocycles. The minimum Gasteiger partial charge on any atom is -0.369 e. The van der Waals surface area contributed by atoms with Crippen molar-refractivity contribution in [3.05, 3.63) is 29.8 Å². The molecule has 18 heavy (non-hydrogen) atoms. The molecule has 0 aromatic heterocycles. The van der Waals surface area contributed by atoms with Crippen LogP contribution in [0.2, 0.25) is 0 Å². The molecule has 0 spiro atoms. The predicted octanol–water partition coefficient (Wildman–Crippen LogP) is 3.80. The van der Waals surface area contributed by atoms with Crippen molar-refractivity contribution in [3.63, 3.8) is 0 Å². The van der Waals surface area contributed by atoms with E-state index in [1.807, 2.05) is 0 Å². The van der Waals surface area contributed by atoms with Gasteiger partial charge < -0.3 is 10.6 Å². The van der Waals surface area contributed by atoms with Gasteiger partial charge in [-0.1, -0.05) is 32.4 Å². The molecule has 2 nitrogen and oxygen atoms in total. The van der Waals surface area contributed by atoms with Gasteiger partial charge in [0.15, 0.2) is 0 Å². The molecule has 0 aliphatic carbocycles. The van der Waals surface area contributed by atoms with E-state index in [9.17, 15) is 0 Å². The molecule has 0 saturated heterocycles. The summed E-state index contributed by atoms with van der Waals surface area (Å²) >= 11 is 0. The summed E-state index contributed by atoms with van der Waals surface area (Å²) in [4.78, 5) is 2.49. The lowest BCUT2D eigenvalue weighted by molar-refractivity contribution is 0.494. The van der Waals surface area contributed by atoms with Crippen LogP contribution in [0.15, 0.2) is 24.3 Å². The van der Waals surface area contributed by atoms with Gasteiger partial charge in [0.05, 0.1) is 0 Å². The monoisotopic (exact) mass is 248 g/mol. The average Bonchev–Trinajstić information content (AvgIpc) is 2.36. The molecular weight excluding hydrogens is 220 g/mol. The van der Waals surface area contributed by atoms with Gasteiger partial charge in [0.1, 0.15) is 0 Å². The fraction of sp³-hybridized carbons (Fsp3) is 0.625. The van der Waals surface area contributed by atoms with E-state index in [1.165, 1.54) is 24.1 Å². The normalized spacial score (nSPS) is 12.8. The first-order chi connectivity index (χ1) is 8.58. The molecule has 0 fully saturated rings. The van der Waals surface area contributed by atoms with Gasteiger partial charge in [-0.05, 0) is 43.9 Å². The molecule has 2 N–H and O–H groups in total. The summed E-state index contributed by atoms with van der Waals surface area (Å²) in [6, 6.07) is 9.19. The summed E-state index contributed by atoms with van der Waals surface area (Å²) in [5.41, 5.74) is 8.15. The summed E-state index contributed by atoms with van der Waals surface area (Å²) in [5.74, 6) is 0.742. The van der Waals surface area contributed by atoms with Gasteiger partial charge in [-0.25, -0.2) is 0 Å². The molecule has 0 heterocycles. The van der Waals surface area contributed by atoms with Crippen LogP contribution in [0.3, 0.4) is 0 Å². The Morgan fingerprint density at radius 1 is 1.11 bits per heavy atom. The number of hydrogen-bond acceptors (Lipinski definition) is 2. The largest absolute Gasteiger partial charge is 0.369 e. The van der Waals surface area contributed by atoms with E-state index >= 15 is 0 Å². The van der Waals surface area contributed by atoms with Crippen LogP contribution in [-0.4, -0.2) is 12.6 Å². The number of nitrogens with two attached hydrogens (primary N) is 1. The van der Waals surface area contributed by atoms with Crippen molar-refractivity contribution in [2.24, 2.45) is 11.7 Å². The lowest BCUT2D eigenvalue weighted by Gasteiger charge is -2.32. The Kier molecular flexibility index (Phi) is 6.20. The second-order valence-corrected chi connectivity index (χ2v) is 5.51. The van der Waals surface area contributed by atoms with Crippen molar-refractivity contribution in [2.75, 3.05) is 11.4 Å². The summed E-state index contributed by atoms with van der Waals surface area (Å²) < 4.78 is 0. The third-order valence-electron chi connectivity index (χ3n) is 3.42. The maximum absolute atomic E-state index is 5.64. The van der Waals surface area contributed by atoms with Crippen LogP contribution in [0.5, 0.6) is 0 Å². The first kappa shape index (κ1) is 15.0. The molecule has 1 aromatic carbocycles. The molecule has 1 atom stereocenters. The van der Waals surface area contributed by atoms with Crippen LogP contribution in [0, 0.1) is 5.92 Å². The molecule has 0 bridgehead atoms. The maximum Gasteiger partial charge on any atom is 0.0368 e. The predicted molar refractivity (Wildman–Crippen MR) is 80.9 cm³/mol. The van der Waals surface area contributed by atoms with Crippen molar-refractivity contribution in [2.45, 2.75) is 53.1 Å². The minimum atomic E-state index is 0.535. The maximum atomic E-state index is 5.64. The van der Waals surface area contributed by atoms with Gasteiger partial charge >= 0.3 is 0 Å². The van der Waals surface area contributed by atoms with E-state index < -0.39 is 0 Å². The van der Waals surface area contributed by atoms with Crippen molar-refractivity contribution in [1.29, 1.82) is 0 Å². The minimum absolute atomic E-state index is 0.535. The lowest BCUT2D eigenvalue weighted by atomic mass is 10.0. The van der Waals surface area contributed by atoms with Gasteiger partial charge in [0.2, 0.25) is 0 Å². The summed E-state index contributed by atoms with van der Waals surface area (Å²) in [5, 5.41) is 0. The SMILES string of the molecule is CCCC(C)CN(c1ccc(CN)cc1)C(C)C. The van der Waals surface area contributed by atoms with Crippen molar-refractivity contribution >= 4 is 5.69 Å². The molecule has 2 heteroatoms. The Balaban J connectivity index is 2.76. The molecule has 0 aliphatic rings. The third kappa shape index (κ3) is 4.34. The molecule has 0 amide bonds. The van der Waals surface area contributed by atoms with Crippen LogP contribution in [0.4, 0.5) is 5.69 Å². The van der Waals surface area contributed by atoms with Gasteiger partial charge in [0.25, 0.3) is 0 Å². The van der Waals surface area contributed by atoms with Gasteiger partial charge in [0, 0.05) is 24.8 Å². The second kappa shape index (κ2) is 7.42. The molecule has 1 aromatic rings. The highest BCUT2D eigenvalue weighted by atomic mass is 15.2. The zero-order valence-electron chi connectivity index (χ0n) is 12.3. The summed E-state index contributed by atoms with van der Waals surface area (Å²) in [6.07, 6.45) is 2.56. The Hall–Kier alpha value is -1.02. The fourth-order valence-electron chi connectivity index (χ4n) is 2.36. The topological polar surface area (TPSA) is 29.3 Å². The van der Waals surface area contributed by atoms with E-state index in [-0.39, 0.29) is 0 Å². The molecule has 1 unspecified atom stereocenters. The highest BCUT2D eigenvalue weighted by Crippen LogP contribution is 2.20. The Labute approximate surface area is 112 Å². The molecule has 0 saturated carbocycles. The molecular formula is C16H28N2. The molecule has 0 radical (unpaired) electrons. The van der Waals surface area contributed by atoms with Crippen LogP contribution >= 0.6 is 0 Å². The van der Waals surface area contributed by atoms with E-state index in [4.69, 9.17) is 5.73 Å². The smallest absolute Gasteiger partial charge is 0.0368 e. The zero-order valence-corrected chi connectivity index (χ0v) is 12.3. The second-order valence-electron chi connectivity index (χ2n) is 5.51. The fourth-order valence-corrected chi connectivity index (χ4v) is 2.36. The molecule has 1 rings (SSSR count). The zero-order chi connectivity index (χ0) is 13.5. The van der Waals surface area contributed by atoms with Gasteiger partial charge in [-0.2, -0.15) is 0 Å². The highest BCUT2D eigenvalue weighted by Gasteiger charge is 2.13. The third-order valence-corrected chi connectivity index (χ3v) is 3.42. The standard InChI is InChI=1S/C16H28N2/c1-5-6-14(4)12-18(13(2)3)16-9-7-15(11-17)8-10-16/h7-10,13-14H,5-6,11-12,17H2,1-4H3. The van der Waals surface area contributed by atoms with E-state index in [2.05, 4.69) is 56.9 Å². The number of rotatable bonds is 7. The first-order valence-electron chi connectivity index (χ1n) is 7.14. The highest BCUT2D eigenvalue weighted by molar-refractivity contribution is 5.48. The number of anilines is 1. The van der Waals surface area contributed by atoms with Crippen molar-refractivity contribution in [1.82, 2.24) is 0 Å². The number of hydrogen-bond donors (Lipinski definition) is 1. The van der Waals surface area contributed by atoms with E-state index in [1.54, 1.807) is 0 Å². The summed E-state index contributed by atoms with van der Waals surface area (Å²) in [7, 11) is 0. The van der Waals surface area contributed by atoms with Crippen LogP contribution in [0.1, 0.15) is 46.1 Å². The van der Waals surface area contributed by atoms with E-state index in [0.29, 0.717) is 12.6 Å². The molecule has 102 valence electrons. The first-order valence-corrected chi connectivity index (χ1v) is 7.14. The van der Waals surface area contributed by atoms with Crippen LogP contribution in [-0.2, 0) is 6.54 Å². The number of benzene rings is 1. The Morgan fingerprint density at radius 3 is 2.17 bits per heavy atom. The van der Waals surface area contributed by atoms with Crippen molar-refractivity contribution in [3.8, 4) is 0 Å². The summed E-state index contributed by atoms with van der Waals surface area (Å²) in [6.45, 7) is 10.9.